The van der Waals surface area contributed by atoms with Crippen LogP contribution in [-0.4, -0.2) is 31.6 Å². The first-order valence-corrected chi connectivity index (χ1v) is 7.55. The number of ether oxygens (including phenoxy) is 1. The van der Waals surface area contributed by atoms with Gasteiger partial charge < -0.3 is 4.74 Å². The molecule has 0 saturated carbocycles. The second kappa shape index (κ2) is 6.20. The van der Waals surface area contributed by atoms with Crippen molar-refractivity contribution in [3.63, 3.8) is 0 Å². The van der Waals surface area contributed by atoms with Gasteiger partial charge in [-0.2, -0.15) is 0 Å². The smallest absolute Gasteiger partial charge is 0.216 e. The van der Waals surface area contributed by atoms with Crippen molar-refractivity contribution in [3.8, 4) is 5.75 Å². The lowest BCUT2D eigenvalue weighted by atomic mass is 10.2. The molecule has 0 heterocycles. The molecule has 0 aliphatic rings. The minimum absolute atomic E-state index is 0.382. The van der Waals surface area contributed by atoms with Crippen LogP contribution in [0.5, 0.6) is 5.75 Å². The molecule has 1 aromatic rings. The minimum Gasteiger partial charge on any atom is -0.494 e. The van der Waals surface area contributed by atoms with Gasteiger partial charge in [-0.15, -0.1) is 0 Å². The maximum atomic E-state index is 11.9. The maximum Gasteiger partial charge on any atom is 0.216 e. The third-order valence-corrected chi connectivity index (χ3v) is 4.86. The lowest BCUT2D eigenvalue weighted by Gasteiger charge is -2.19. The highest BCUT2D eigenvalue weighted by Gasteiger charge is 2.21. The molecule has 0 amide bonds. The zero-order valence-corrected chi connectivity index (χ0v) is 12.2. The Bertz CT molecular complexity index is 466. The van der Waals surface area contributed by atoms with Crippen LogP contribution in [0.3, 0.4) is 0 Å². The van der Waals surface area contributed by atoms with Crippen molar-refractivity contribution >= 4 is 10.0 Å². The predicted molar refractivity (Wildman–Crippen MR) is 73.1 cm³/mol. The molecule has 0 bridgehead atoms. The molecule has 0 aliphatic heterocycles. The van der Waals surface area contributed by atoms with Crippen LogP contribution in [0.25, 0.3) is 0 Å². The fourth-order valence-corrected chi connectivity index (χ4v) is 2.61. The van der Waals surface area contributed by atoms with Crippen molar-refractivity contribution in [2.24, 2.45) is 0 Å². The Hall–Kier alpha value is -1.07. The van der Waals surface area contributed by atoms with Gasteiger partial charge in [0.1, 0.15) is 5.75 Å². The normalized spacial score (nSPS) is 12.1. The van der Waals surface area contributed by atoms with Crippen LogP contribution in [0.15, 0.2) is 24.3 Å². The number of sulfonamides is 1. The van der Waals surface area contributed by atoms with Gasteiger partial charge in [0.25, 0.3) is 0 Å². The van der Waals surface area contributed by atoms with Gasteiger partial charge in [0, 0.05) is 13.6 Å². The summed E-state index contributed by atoms with van der Waals surface area (Å²) < 4.78 is 30.5. The van der Waals surface area contributed by atoms with Gasteiger partial charge >= 0.3 is 0 Å². The van der Waals surface area contributed by atoms with E-state index in [-0.39, 0.29) is 0 Å². The molecule has 0 aliphatic carbocycles. The topological polar surface area (TPSA) is 46.6 Å². The molecule has 5 heteroatoms. The third-order valence-electron chi connectivity index (χ3n) is 2.67. The first-order chi connectivity index (χ1) is 8.37. The van der Waals surface area contributed by atoms with Gasteiger partial charge in [0.2, 0.25) is 10.0 Å². The number of rotatable bonds is 6. The highest BCUT2D eigenvalue weighted by atomic mass is 32.2. The highest BCUT2D eigenvalue weighted by Crippen LogP contribution is 2.15. The van der Waals surface area contributed by atoms with E-state index < -0.39 is 15.3 Å². The average Bonchev–Trinajstić information content (AvgIpc) is 2.31. The summed E-state index contributed by atoms with van der Waals surface area (Å²) in [6, 6.07) is 7.48. The molecule has 0 fully saturated rings. The van der Waals surface area contributed by atoms with Crippen molar-refractivity contribution in [2.45, 2.75) is 32.6 Å². The summed E-state index contributed by atoms with van der Waals surface area (Å²) in [5.41, 5.74) is 0.949. The summed E-state index contributed by atoms with van der Waals surface area (Å²) in [5, 5.41) is -0.398. The molecular formula is C13H21NO3S. The maximum absolute atomic E-state index is 11.9. The van der Waals surface area contributed by atoms with E-state index in [1.165, 1.54) is 4.31 Å². The van der Waals surface area contributed by atoms with E-state index >= 15 is 0 Å². The first kappa shape index (κ1) is 15.0. The molecule has 0 saturated heterocycles. The van der Waals surface area contributed by atoms with Crippen LogP contribution in [0.1, 0.15) is 26.3 Å². The summed E-state index contributed by atoms with van der Waals surface area (Å²) in [6.45, 7) is 6.30. The van der Waals surface area contributed by atoms with Crippen molar-refractivity contribution in [1.29, 1.82) is 0 Å². The van der Waals surface area contributed by atoms with Crippen molar-refractivity contribution in [2.75, 3.05) is 13.7 Å². The summed E-state index contributed by atoms with van der Waals surface area (Å²) in [7, 11) is -1.59. The number of hydrogen-bond acceptors (Lipinski definition) is 3. The Morgan fingerprint density at radius 3 is 2.22 bits per heavy atom. The Morgan fingerprint density at radius 2 is 1.78 bits per heavy atom. The SMILES string of the molecule is CCOc1ccc(CN(C)S(=O)(=O)C(C)C)cc1. The Kier molecular flexibility index (Phi) is 5.16. The van der Waals surface area contributed by atoms with Gasteiger partial charge in [-0.05, 0) is 38.5 Å². The molecule has 4 nitrogen and oxygen atoms in total. The summed E-state index contributed by atoms with van der Waals surface area (Å²) in [5.74, 6) is 0.801. The first-order valence-electron chi connectivity index (χ1n) is 6.04. The zero-order valence-electron chi connectivity index (χ0n) is 11.4. The second-order valence-electron chi connectivity index (χ2n) is 4.43. The average molecular weight is 271 g/mol. The predicted octanol–water partition coefficient (Wildman–Crippen LogP) is 2.26. The molecule has 1 rings (SSSR count). The van der Waals surface area contributed by atoms with Gasteiger partial charge in [0.15, 0.2) is 0 Å². The van der Waals surface area contributed by atoms with Crippen molar-refractivity contribution in [1.82, 2.24) is 4.31 Å². The largest absolute Gasteiger partial charge is 0.494 e. The summed E-state index contributed by atoms with van der Waals surface area (Å²) in [6.07, 6.45) is 0. The van der Waals surface area contributed by atoms with Crippen molar-refractivity contribution in [3.05, 3.63) is 29.8 Å². The van der Waals surface area contributed by atoms with E-state index in [0.717, 1.165) is 11.3 Å². The number of benzene rings is 1. The van der Waals surface area contributed by atoms with Gasteiger partial charge in [-0.25, -0.2) is 12.7 Å². The van der Waals surface area contributed by atoms with Crippen LogP contribution in [0, 0.1) is 0 Å². The molecule has 0 atom stereocenters. The van der Waals surface area contributed by atoms with Crippen LogP contribution >= 0.6 is 0 Å². The standard InChI is InChI=1S/C13H21NO3S/c1-5-17-13-8-6-12(7-9-13)10-14(4)18(15,16)11(2)3/h6-9,11H,5,10H2,1-4H3. The van der Waals surface area contributed by atoms with E-state index in [9.17, 15) is 8.42 Å². The number of nitrogens with zero attached hydrogens (tertiary/aromatic N) is 1. The molecule has 1 aromatic carbocycles. The molecule has 18 heavy (non-hydrogen) atoms. The summed E-state index contributed by atoms with van der Waals surface area (Å²) >= 11 is 0. The second-order valence-corrected chi connectivity index (χ2v) is 7.02. The Labute approximate surface area is 110 Å². The van der Waals surface area contributed by atoms with Crippen LogP contribution < -0.4 is 4.74 Å². The van der Waals surface area contributed by atoms with E-state index in [1.807, 2.05) is 31.2 Å². The van der Waals surface area contributed by atoms with Gasteiger partial charge in [-0.3, -0.25) is 0 Å². The highest BCUT2D eigenvalue weighted by molar-refractivity contribution is 7.89. The Balaban J connectivity index is 2.73. The summed E-state index contributed by atoms with van der Waals surface area (Å²) in [4.78, 5) is 0. The minimum atomic E-state index is -3.19. The number of hydrogen-bond donors (Lipinski definition) is 0. The third kappa shape index (κ3) is 3.71. The molecule has 0 radical (unpaired) electrons. The van der Waals surface area contributed by atoms with Crippen LogP contribution in [0.2, 0.25) is 0 Å². The quantitative estimate of drug-likeness (QED) is 0.797. The Morgan fingerprint density at radius 1 is 1.22 bits per heavy atom. The lowest BCUT2D eigenvalue weighted by Crippen LogP contribution is -2.32. The fraction of sp³-hybridized carbons (Fsp3) is 0.538. The van der Waals surface area contributed by atoms with Gasteiger partial charge in [0.05, 0.1) is 11.9 Å². The molecule has 0 spiro atoms. The van der Waals surface area contributed by atoms with E-state index in [1.54, 1.807) is 20.9 Å². The monoisotopic (exact) mass is 271 g/mol. The molecule has 0 unspecified atom stereocenters. The molecule has 0 N–H and O–H groups in total. The molecule has 102 valence electrons. The fourth-order valence-electron chi connectivity index (χ4n) is 1.56. The van der Waals surface area contributed by atoms with E-state index in [2.05, 4.69) is 0 Å². The zero-order chi connectivity index (χ0) is 13.8. The van der Waals surface area contributed by atoms with Crippen LogP contribution in [0.4, 0.5) is 0 Å². The van der Waals surface area contributed by atoms with Crippen LogP contribution in [-0.2, 0) is 16.6 Å². The lowest BCUT2D eigenvalue weighted by molar-refractivity contribution is 0.340. The van der Waals surface area contributed by atoms with Crippen molar-refractivity contribution < 1.29 is 13.2 Å². The molecule has 0 aromatic heterocycles. The van der Waals surface area contributed by atoms with Gasteiger partial charge in [-0.1, -0.05) is 12.1 Å². The molecular weight excluding hydrogens is 250 g/mol. The van der Waals surface area contributed by atoms with E-state index in [4.69, 9.17) is 4.74 Å². The van der Waals surface area contributed by atoms with E-state index in [0.29, 0.717) is 13.2 Å².